The second-order valence-electron chi connectivity index (χ2n) is 6.36. The molecule has 3 nitrogen and oxygen atoms in total. The van der Waals surface area contributed by atoms with E-state index in [-0.39, 0.29) is 5.91 Å². The van der Waals surface area contributed by atoms with E-state index in [1.807, 2.05) is 40.1 Å². The molecule has 1 aromatic carbocycles. The Morgan fingerprint density at radius 3 is 2.52 bits per heavy atom. The standard InChI is InChI=1S/C18H20N2O/c1-11-8-15-16(20(5)17(21)18(15,3)4)10-14(11)13-6-7-19-12(2)9-13/h6-10H,1-5H3. The number of aryl methyl sites for hydroxylation is 2. The second-order valence-corrected chi connectivity index (χ2v) is 6.36. The van der Waals surface area contributed by atoms with Crippen LogP contribution in [0, 0.1) is 13.8 Å². The summed E-state index contributed by atoms with van der Waals surface area (Å²) in [6.45, 7) is 8.08. The smallest absolute Gasteiger partial charge is 0.236 e. The van der Waals surface area contributed by atoms with Gasteiger partial charge < -0.3 is 4.90 Å². The summed E-state index contributed by atoms with van der Waals surface area (Å²) in [7, 11) is 1.85. The van der Waals surface area contributed by atoms with Crippen LogP contribution in [0.3, 0.4) is 0 Å². The lowest BCUT2D eigenvalue weighted by atomic mass is 9.84. The van der Waals surface area contributed by atoms with E-state index in [1.165, 1.54) is 5.56 Å². The fourth-order valence-electron chi connectivity index (χ4n) is 3.14. The Morgan fingerprint density at radius 2 is 1.86 bits per heavy atom. The summed E-state index contributed by atoms with van der Waals surface area (Å²) in [6, 6.07) is 8.38. The van der Waals surface area contributed by atoms with Gasteiger partial charge in [-0.15, -0.1) is 0 Å². The van der Waals surface area contributed by atoms with Crippen LogP contribution in [0.4, 0.5) is 5.69 Å². The van der Waals surface area contributed by atoms with Crippen LogP contribution in [0.5, 0.6) is 0 Å². The van der Waals surface area contributed by atoms with Crippen molar-refractivity contribution in [3.8, 4) is 11.1 Å². The maximum Gasteiger partial charge on any atom is 0.236 e. The second kappa shape index (κ2) is 4.42. The van der Waals surface area contributed by atoms with Crippen molar-refractivity contribution < 1.29 is 4.79 Å². The van der Waals surface area contributed by atoms with Gasteiger partial charge in [0, 0.05) is 24.6 Å². The van der Waals surface area contributed by atoms with E-state index >= 15 is 0 Å². The molecule has 1 aliphatic rings. The monoisotopic (exact) mass is 280 g/mol. The number of hydrogen-bond donors (Lipinski definition) is 0. The summed E-state index contributed by atoms with van der Waals surface area (Å²) in [5.41, 5.74) is 6.18. The molecule has 0 spiro atoms. The molecule has 2 heterocycles. The molecule has 21 heavy (non-hydrogen) atoms. The minimum Gasteiger partial charge on any atom is -0.314 e. The zero-order chi connectivity index (χ0) is 15.4. The molecule has 0 bridgehead atoms. The fraction of sp³-hybridized carbons (Fsp3) is 0.333. The third-order valence-electron chi connectivity index (χ3n) is 4.42. The number of fused-ring (bicyclic) bond motifs is 1. The number of rotatable bonds is 1. The summed E-state index contributed by atoms with van der Waals surface area (Å²) in [5, 5.41) is 0. The van der Waals surface area contributed by atoms with Crippen LogP contribution in [0.2, 0.25) is 0 Å². The molecule has 0 aliphatic carbocycles. The Kier molecular flexibility index (Phi) is 2.90. The van der Waals surface area contributed by atoms with Crippen molar-refractivity contribution >= 4 is 11.6 Å². The highest BCUT2D eigenvalue weighted by Gasteiger charge is 2.42. The van der Waals surface area contributed by atoms with Gasteiger partial charge in [-0.1, -0.05) is 6.07 Å². The molecule has 1 amide bonds. The number of pyridine rings is 1. The third-order valence-corrected chi connectivity index (χ3v) is 4.42. The van der Waals surface area contributed by atoms with Crippen LogP contribution in [0.15, 0.2) is 30.5 Å². The zero-order valence-corrected chi connectivity index (χ0v) is 13.2. The number of anilines is 1. The highest BCUT2D eigenvalue weighted by atomic mass is 16.2. The number of aromatic nitrogens is 1. The lowest BCUT2D eigenvalue weighted by Crippen LogP contribution is -2.33. The van der Waals surface area contributed by atoms with Crippen LogP contribution in [-0.2, 0) is 10.2 Å². The van der Waals surface area contributed by atoms with Gasteiger partial charge in [0.25, 0.3) is 0 Å². The van der Waals surface area contributed by atoms with Gasteiger partial charge in [0.05, 0.1) is 5.41 Å². The molecule has 0 saturated heterocycles. The van der Waals surface area contributed by atoms with Crippen molar-refractivity contribution in [2.45, 2.75) is 33.1 Å². The van der Waals surface area contributed by atoms with Crippen LogP contribution < -0.4 is 4.90 Å². The van der Waals surface area contributed by atoms with E-state index in [9.17, 15) is 4.79 Å². The molecular weight excluding hydrogens is 260 g/mol. The number of carbonyl (C=O) groups is 1. The first-order valence-electron chi connectivity index (χ1n) is 7.18. The SMILES string of the molecule is Cc1cc(-c2cc3c(cc2C)C(C)(C)C(=O)N3C)ccn1. The average molecular weight is 280 g/mol. The minimum absolute atomic E-state index is 0.153. The van der Waals surface area contributed by atoms with Crippen LogP contribution in [-0.4, -0.2) is 17.9 Å². The van der Waals surface area contributed by atoms with Crippen molar-refractivity contribution in [2.24, 2.45) is 0 Å². The number of nitrogens with zero attached hydrogens (tertiary/aromatic N) is 2. The Morgan fingerprint density at radius 1 is 1.14 bits per heavy atom. The lowest BCUT2D eigenvalue weighted by Gasteiger charge is -2.17. The van der Waals surface area contributed by atoms with E-state index < -0.39 is 5.41 Å². The normalized spacial score (nSPS) is 16.2. The van der Waals surface area contributed by atoms with Crippen molar-refractivity contribution in [3.63, 3.8) is 0 Å². The van der Waals surface area contributed by atoms with Gasteiger partial charge in [-0.05, 0) is 68.1 Å². The molecule has 1 aliphatic heterocycles. The number of hydrogen-bond acceptors (Lipinski definition) is 2. The molecule has 2 aromatic rings. The predicted octanol–water partition coefficient (Wildman–Crippen LogP) is 3.62. The maximum absolute atomic E-state index is 12.4. The van der Waals surface area contributed by atoms with Gasteiger partial charge in [0.2, 0.25) is 5.91 Å². The van der Waals surface area contributed by atoms with Gasteiger partial charge in [-0.2, -0.15) is 0 Å². The number of likely N-dealkylation sites (N-methyl/N-ethyl adjacent to an activating group) is 1. The Bertz CT molecular complexity index is 747. The van der Waals surface area contributed by atoms with Crippen LogP contribution in [0.1, 0.15) is 30.7 Å². The number of benzene rings is 1. The molecular formula is C18H20N2O. The summed E-state index contributed by atoms with van der Waals surface area (Å²) >= 11 is 0. The maximum atomic E-state index is 12.4. The summed E-state index contributed by atoms with van der Waals surface area (Å²) in [4.78, 5) is 18.4. The van der Waals surface area contributed by atoms with Crippen molar-refractivity contribution in [3.05, 3.63) is 47.3 Å². The summed E-state index contributed by atoms with van der Waals surface area (Å²) < 4.78 is 0. The largest absolute Gasteiger partial charge is 0.314 e. The molecule has 3 rings (SSSR count). The first kappa shape index (κ1) is 13.8. The van der Waals surface area contributed by atoms with Crippen molar-refractivity contribution in [2.75, 3.05) is 11.9 Å². The molecule has 0 fully saturated rings. The van der Waals surface area contributed by atoms with Crippen molar-refractivity contribution in [1.82, 2.24) is 4.98 Å². The molecule has 3 heteroatoms. The highest BCUT2D eigenvalue weighted by molar-refractivity contribution is 6.08. The highest BCUT2D eigenvalue weighted by Crippen LogP contribution is 2.43. The van der Waals surface area contributed by atoms with E-state index in [2.05, 4.69) is 30.1 Å². The Hall–Kier alpha value is -2.16. The van der Waals surface area contributed by atoms with E-state index in [0.29, 0.717) is 0 Å². The third kappa shape index (κ3) is 1.96. The van der Waals surface area contributed by atoms with Gasteiger partial charge >= 0.3 is 0 Å². The number of amides is 1. The topological polar surface area (TPSA) is 33.2 Å². The molecule has 0 radical (unpaired) electrons. The molecule has 0 atom stereocenters. The van der Waals surface area contributed by atoms with E-state index in [1.54, 1.807) is 4.90 Å². The first-order valence-corrected chi connectivity index (χ1v) is 7.18. The van der Waals surface area contributed by atoms with Gasteiger partial charge in [0.15, 0.2) is 0 Å². The van der Waals surface area contributed by atoms with Crippen LogP contribution >= 0.6 is 0 Å². The van der Waals surface area contributed by atoms with Crippen LogP contribution in [0.25, 0.3) is 11.1 Å². The average Bonchev–Trinajstić information content (AvgIpc) is 2.60. The fourth-order valence-corrected chi connectivity index (χ4v) is 3.14. The Balaban J connectivity index is 2.22. The first-order chi connectivity index (χ1) is 9.82. The molecule has 0 saturated carbocycles. The molecule has 1 aromatic heterocycles. The molecule has 0 N–H and O–H groups in total. The lowest BCUT2D eigenvalue weighted by molar-refractivity contribution is -0.121. The number of carbonyl (C=O) groups excluding carboxylic acids is 1. The molecule has 108 valence electrons. The zero-order valence-electron chi connectivity index (χ0n) is 13.2. The summed E-state index contributed by atoms with van der Waals surface area (Å²) in [6.07, 6.45) is 1.83. The van der Waals surface area contributed by atoms with Crippen molar-refractivity contribution in [1.29, 1.82) is 0 Å². The molecule has 0 unspecified atom stereocenters. The minimum atomic E-state index is -0.443. The van der Waals surface area contributed by atoms with Gasteiger partial charge in [-0.3, -0.25) is 9.78 Å². The van der Waals surface area contributed by atoms with Gasteiger partial charge in [0.1, 0.15) is 0 Å². The van der Waals surface area contributed by atoms with E-state index in [0.717, 1.165) is 28.1 Å². The van der Waals surface area contributed by atoms with Gasteiger partial charge in [-0.25, -0.2) is 0 Å². The summed E-state index contributed by atoms with van der Waals surface area (Å²) in [5.74, 6) is 0.153. The Labute approximate surface area is 125 Å². The van der Waals surface area contributed by atoms with E-state index in [4.69, 9.17) is 0 Å². The predicted molar refractivity (Wildman–Crippen MR) is 85.6 cm³/mol. The quantitative estimate of drug-likeness (QED) is 0.799.